The second-order valence-corrected chi connectivity index (χ2v) is 10.6. The van der Waals surface area contributed by atoms with Crippen molar-refractivity contribution in [2.75, 3.05) is 22.8 Å². The fourth-order valence-corrected chi connectivity index (χ4v) is 6.72. The zero-order valence-corrected chi connectivity index (χ0v) is 20.3. The highest BCUT2D eigenvalue weighted by molar-refractivity contribution is 7.92. The van der Waals surface area contributed by atoms with Crippen LogP contribution in [-0.2, 0) is 10.0 Å². The highest BCUT2D eigenvalue weighted by Crippen LogP contribution is 2.50. The van der Waals surface area contributed by atoms with Gasteiger partial charge in [-0.15, -0.1) is 0 Å². The summed E-state index contributed by atoms with van der Waals surface area (Å²) in [5.41, 5.74) is 3.93. The van der Waals surface area contributed by atoms with Crippen molar-refractivity contribution in [2.24, 2.45) is 5.92 Å². The van der Waals surface area contributed by atoms with Gasteiger partial charge in [-0.05, 0) is 79.8 Å². The van der Waals surface area contributed by atoms with Crippen molar-refractivity contribution in [2.45, 2.75) is 37.1 Å². The summed E-state index contributed by atoms with van der Waals surface area (Å²) in [7, 11) is -3.67. The van der Waals surface area contributed by atoms with Crippen LogP contribution >= 0.6 is 0 Å². The van der Waals surface area contributed by atoms with E-state index < -0.39 is 10.0 Å². The molecule has 0 radical (unpaired) electrons. The Kier molecular flexibility index (Phi) is 6.09. The van der Waals surface area contributed by atoms with Crippen molar-refractivity contribution in [3.8, 4) is 5.75 Å². The van der Waals surface area contributed by atoms with Crippen LogP contribution in [0.2, 0.25) is 0 Å². The second-order valence-electron chi connectivity index (χ2n) is 8.73. The Morgan fingerprint density at radius 3 is 2.47 bits per heavy atom. The Morgan fingerprint density at radius 1 is 1.00 bits per heavy atom. The second kappa shape index (κ2) is 9.18. The highest BCUT2D eigenvalue weighted by atomic mass is 32.2. The van der Waals surface area contributed by atoms with E-state index in [2.05, 4.69) is 29.6 Å². The number of sulfonamides is 1. The minimum atomic E-state index is -3.67. The number of allylic oxidation sites excluding steroid dienone is 2. The molecule has 5 rings (SSSR count). The van der Waals surface area contributed by atoms with E-state index in [1.54, 1.807) is 6.07 Å². The molecule has 176 valence electrons. The first-order chi connectivity index (χ1) is 16.5. The SMILES string of the molecule is CCOc1ccc(C2Nc3ccc(S(=O)(=O)N(CC)c4ccccc4)cc3C3C=CCC32)cc1. The van der Waals surface area contributed by atoms with Crippen molar-refractivity contribution < 1.29 is 13.2 Å². The Hall–Kier alpha value is -3.25. The minimum Gasteiger partial charge on any atom is -0.494 e. The summed E-state index contributed by atoms with van der Waals surface area (Å²) in [5, 5.41) is 3.70. The number of hydrogen-bond donors (Lipinski definition) is 1. The standard InChI is InChI=1S/C28H30N2O3S/c1-3-30(21-9-6-5-7-10-21)34(31,32)23-17-18-27-26(19-23)24-11-8-12-25(24)28(29-27)20-13-15-22(16-14-20)33-4-2/h5-11,13-19,24-25,28-29H,3-4,12H2,1-2H3. The molecule has 3 aromatic rings. The zero-order valence-electron chi connectivity index (χ0n) is 19.5. The van der Waals surface area contributed by atoms with E-state index in [1.807, 2.05) is 68.4 Å². The highest BCUT2D eigenvalue weighted by Gasteiger charge is 2.38. The molecule has 0 amide bonds. The van der Waals surface area contributed by atoms with Gasteiger partial charge < -0.3 is 10.1 Å². The van der Waals surface area contributed by atoms with E-state index in [0.717, 1.165) is 23.4 Å². The van der Waals surface area contributed by atoms with Crippen LogP contribution in [0.4, 0.5) is 11.4 Å². The summed E-state index contributed by atoms with van der Waals surface area (Å²) < 4.78 is 34.2. The lowest BCUT2D eigenvalue weighted by Crippen LogP contribution is -2.32. The van der Waals surface area contributed by atoms with E-state index in [4.69, 9.17) is 4.74 Å². The fraction of sp³-hybridized carbons (Fsp3) is 0.286. The number of benzene rings is 3. The topological polar surface area (TPSA) is 58.6 Å². The molecule has 5 nitrogen and oxygen atoms in total. The Bertz CT molecular complexity index is 1290. The van der Waals surface area contributed by atoms with Gasteiger partial charge in [0.1, 0.15) is 5.75 Å². The van der Waals surface area contributed by atoms with Gasteiger partial charge in [0.05, 0.1) is 23.2 Å². The average Bonchev–Trinajstić information content (AvgIpc) is 3.35. The van der Waals surface area contributed by atoms with E-state index in [1.165, 1.54) is 9.87 Å². The van der Waals surface area contributed by atoms with E-state index >= 15 is 0 Å². The van der Waals surface area contributed by atoms with Gasteiger partial charge in [-0.25, -0.2) is 8.42 Å². The van der Waals surface area contributed by atoms with Crippen LogP contribution in [0.1, 0.15) is 43.4 Å². The molecular formula is C28H30N2O3S. The van der Waals surface area contributed by atoms with Crippen LogP contribution in [0, 0.1) is 5.92 Å². The fourth-order valence-electron chi connectivity index (χ4n) is 5.21. The van der Waals surface area contributed by atoms with Gasteiger partial charge in [-0.1, -0.05) is 42.5 Å². The van der Waals surface area contributed by atoms with Crippen LogP contribution in [0.5, 0.6) is 5.75 Å². The minimum absolute atomic E-state index is 0.155. The molecular weight excluding hydrogens is 444 g/mol. The molecule has 1 aliphatic heterocycles. The maximum Gasteiger partial charge on any atom is 0.264 e. The predicted molar refractivity (Wildman–Crippen MR) is 137 cm³/mol. The smallest absolute Gasteiger partial charge is 0.264 e. The summed E-state index contributed by atoms with van der Waals surface area (Å²) in [6.45, 7) is 4.86. The molecule has 1 N–H and O–H groups in total. The quantitative estimate of drug-likeness (QED) is 0.419. The molecule has 3 unspecified atom stereocenters. The maximum atomic E-state index is 13.6. The normalized spacial score (nSPS) is 20.8. The van der Waals surface area contributed by atoms with Crippen LogP contribution in [0.25, 0.3) is 0 Å². The third kappa shape index (κ3) is 3.96. The number of para-hydroxylation sites is 1. The van der Waals surface area contributed by atoms with Crippen LogP contribution in [0.15, 0.2) is 89.8 Å². The Balaban J connectivity index is 1.49. The molecule has 0 aromatic heterocycles. The summed E-state index contributed by atoms with van der Waals surface area (Å²) in [4.78, 5) is 0.331. The van der Waals surface area contributed by atoms with Crippen LogP contribution in [0.3, 0.4) is 0 Å². The predicted octanol–water partition coefficient (Wildman–Crippen LogP) is 6.13. The van der Waals surface area contributed by atoms with Gasteiger partial charge in [-0.3, -0.25) is 4.31 Å². The summed E-state index contributed by atoms with van der Waals surface area (Å²) in [6.07, 6.45) is 5.41. The molecule has 1 aliphatic carbocycles. The zero-order chi connectivity index (χ0) is 23.7. The number of anilines is 2. The average molecular weight is 475 g/mol. The maximum absolute atomic E-state index is 13.6. The number of fused-ring (bicyclic) bond motifs is 3. The molecule has 0 bridgehead atoms. The van der Waals surface area contributed by atoms with E-state index in [-0.39, 0.29) is 12.0 Å². The summed E-state index contributed by atoms with van der Waals surface area (Å²) in [6, 6.07) is 23.2. The number of rotatable bonds is 7. The lowest BCUT2D eigenvalue weighted by molar-refractivity contribution is 0.340. The van der Waals surface area contributed by atoms with Crippen molar-refractivity contribution in [1.29, 1.82) is 0 Å². The molecule has 0 saturated carbocycles. The molecule has 3 aromatic carbocycles. The molecule has 0 saturated heterocycles. The molecule has 1 heterocycles. The first kappa shape index (κ1) is 22.5. The number of hydrogen-bond acceptors (Lipinski definition) is 4. The van der Waals surface area contributed by atoms with Crippen molar-refractivity contribution in [3.05, 3.63) is 96.1 Å². The van der Waals surface area contributed by atoms with E-state index in [9.17, 15) is 8.42 Å². The molecule has 3 atom stereocenters. The van der Waals surface area contributed by atoms with Gasteiger partial charge in [0.25, 0.3) is 10.0 Å². The first-order valence-corrected chi connectivity index (χ1v) is 13.3. The lowest BCUT2D eigenvalue weighted by atomic mass is 9.77. The van der Waals surface area contributed by atoms with Gasteiger partial charge in [0.15, 0.2) is 0 Å². The van der Waals surface area contributed by atoms with Crippen molar-refractivity contribution in [3.63, 3.8) is 0 Å². The number of nitrogens with zero attached hydrogens (tertiary/aromatic N) is 1. The summed E-state index contributed by atoms with van der Waals surface area (Å²) in [5.74, 6) is 1.38. The molecule has 6 heteroatoms. The van der Waals surface area contributed by atoms with Crippen molar-refractivity contribution in [1.82, 2.24) is 0 Å². The largest absolute Gasteiger partial charge is 0.494 e. The summed E-state index contributed by atoms with van der Waals surface area (Å²) >= 11 is 0. The van der Waals surface area contributed by atoms with Gasteiger partial charge in [0, 0.05) is 18.2 Å². The number of nitrogens with one attached hydrogen (secondary N) is 1. The van der Waals surface area contributed by atoms with E-state index in [0.29, 0.717) is 29.7 Å². The molecule has 0 fully saturated rings. The Labute approximate surface area is 202 Å². The third-order valence-corrected chi connectivity index (χ3v) is 8.70. The van der Waals surface area contributed by atoms with Crippen LogP contribution in [-0.4, -0.2) is 21.6 Å². The molecule has 0 spiro atoms. The first-order valence-electron chi connectivity index (χ1n) is 11.9. The van der Waals surface area contributed by atoms with Gasteiger partial charge in [0.2, 0.25) is 0 Å². The van der Waals surface area contributed by atoms with Crippen molar-refractivity contribution >= 4 is 21.4 Å². The molecule has 2 aliphatic rings. The number of ether oxygens (including phenoxy) is 1. The molecule has 34 heavy (non-hydrogen) atoms. The lowest BCUT2D eigenvalue weighted by Gasteiger charge is -2.38. The van der Waals surface area contributed by atoms with Gasteiger partial charge >= 0.3 is 0 Å². The third-order valence-electron chi connectivity index (χ3n) is 6.80. The van der Waals surface area contributed by atoms with Gasteiger partial charge in [-0.2, -0.15) is 0 Å². The monoisotopic (exact) mass is 474 g/mol. The Morgan fingerprint density at radius 2 is 1.76 bits per heavy atom. The van der Waals surface area contributed by atoms with Crippen LogP contribution < -0.4 is 14.4 Å².